The van der Waals surface area contributed by atoms with Crippen molar-refractivity contribution in [2.75, 3.05) is 19.7 Å². The number of benzene rings is 1. The number of carboxylic acids is 1. The first-order valence-electron chi connectivity index (χ1n) is 7.45. The number of nitrogens with zero attached hydrogens (tertiary/aromatic N) is 3. The molecule has 0 saturated carbocycles. The lowest BCUT2D eigenvalue weighted by Gasteiger charge is -2.30. The maximum atomic E-state index is 12.9. The molecule has 0 aliphatic carbocycles. The van der Waals surface area contributed by atoms with Crippen LogP contribution >= 0.6 is 0 Å². The quantitative estimate of drug-likeness (QED) is 0.897. The van der Waals surface area contributed by atoms with Crippen LogP contribution in [0.2, 0.25) is 0 Å². The van der Waals surface area contributed by atoms with Crippen LogP contribution < -0.4 is 0 Å². The van der Waals surface area contributed by atoms with Gasteiger partial charge in [-0.1, -0.05) is 0 Å². The first-order chi connectivity index (χ1) is 11.5. The van der Waals surface area contributed by atoms with Crippen LogP contribution in [0.3, 0.4) is 0 Å². The molecule has 7 nitrogen and oxygen atoms in total. The first kappa shape index (κ1) is 16.1. The number of rotatable bonds is 4. The highest BCUT2D eigenvalue weighted by Gasteiger charge is 2.29. The molecule has 1 atom stereocenters. The van der Waals surface area contributed by atoms with E-state index in [-0.39, 0.29) is 31.3 Å². The highest BCUT2D eigenvalue weighted by Crippen LogP contribution is 2.11. The lowest BCUT2D eigenvalue weighted by Crippen LogP contribution is -2.49. The Bertz CT molecular complexity index is 744. The fourth-order valence-electron chi connectivity index (χ4n) is 2.49. The number of amides is 1. The Balaban J connectivity index is 1.65. The lowest BCUT2D eigenvalue weighted by atomic mass is 10.2. The number of ether oxygens (including phenoxy) is 1. The molecule has 24 heavy (non-hydrogen) atoms. The van der Waals surface area contributed by atoms with Crippen molar-refractivity contribution in [2.24, 2.45) is 0 Å². The maximum Gasteiger partial charge on any atom is 0.334 e. The van der Waals surface area contributed by atoms with Crippen LogP contribution in [0.15, 0.2) is 36.5 Å². The highest BCUT2D eigenvalue weighted by atomic mass is 19.1. The Morgan fingerprint density at radius 1 is 1.29 bits per heavy atom. The molecule has 1 aromatic heterocycles. The van der Waals surface area contributed by atoms with E-state index in [4.69, 9.17) is 9.84 Å². The van der Waals surface area contributed by atoms with Gasteiger partial charge in [0.05, 0.1) is 31.0 Å². The van der Waals surface area contributed by atoms with Crippen molar-refractivity contribution in [3.8, 4) is 5.69 Å². The molecule has 0 bridgehead atoms. The summed E-state index contributed by atoms with van der Waals surface area (Å²) in [5.74, 6) is -1.61. The average Bonchev–Trinajstić information content (AvgIpc) is 3.04. The van der Waals surface area contributed by atoms with Gasteiger partial charge in [0.1, 0.15) is 5.82 Å². The number of carbonyl (C=O) groups excluding carboxylic acids is 1. The highest BCUT2D eigenvalue weighted by molar-refractivity contribution is 5.80. The van der Waals surface area contributed by atoms with Crippen molar-refractivity contribution in [2.45, 2.75) is 12.5 Å². The van der Waals surface area contributed by atoms with E-state index in [1.54, 1.807) is 29.1 Å². The SMILES string of the molecule is O=C(O)C1CN(C(=O)Cc2ccn(-c3ccc(F)cc3)n2)CCO1. The first-order valence-corrected chi connectivity index (χ1v) is 7.45. The Labute approximate surface area is 137 Å². The fraction of sp³-hybridized carbons (Fsp3) is 0.312. The van der Waals surface area contributed by atoms with Gasteiger partial charge >= 0.3 is 5.97 Å². The number of hydrogen-bond acceptors (Lipinski definition) is 4. The number of aliphatic carboxylic acids is 1. The second kappa shape index (κ2) is 6.79. The second-order valence-electron chi connectivity index (χ2n) is 5.44. The van der Waals surface area contributed by atoms with Crippen LogP contribution in [0.4, 0.5) is 4.39 Å². The third-order valence-corrected chi connectivity index (χ3v) is 3.76. The van der Waals surface area contributed by atoms with Crippen molar-refractivity contribution in [3.05, 3.63) is 48.0 Å². The van der Waals surface area contributed by atoms with E-state index in [2.05, 4.69) is 5.10 Å². The van der Waals surface area contributed by atoms with Gasteiger partial charge in [0.2, 0.25) is 5.91 Å². The zero-order valence-electron chi connectivity index (χ0n) is 12.8. The van der Waals surface area contributed by atoms with Crippen LogP contribution in [-0.2, 0) is 20.7 Å². The molecule has 1 fully saturated rings. The molecule has 0 radical (unpaired) electrons. The van der Waals surface area contributed by atoms with Crippen molar-refractivity contribution >= 4 is 11.9 Å². The van der Waals surface area contributed by atoms with Crippen LogP contribution in [0.25, 0.3) is 5.69 Å². The van der Waals surface area contributed by atoms with E-state index in [9.17, 15) is 14.0 Å². The number of halogens is 1. The summed E-state index contributed by atoms with van der Waals surface area (Å²) in [4.78, 5) is 24.7. The molecule has 1 saturated heterocycles. The monoisotopic (exact) mass is 333 g/mol. The van der Waals surface area contributed by atoms with Gasteiger partial charge in [0.25, 0.3) is 0 Å². The Morgan fingerprint density at radius 3 is 2.75 bits per heavy atom. The molecule has 1 aliphatic heterocycles. The van der Waals surface area contributed by atoms with Gasteiger partial charge < -0.3 is 14.7 Å². The van der Waals surface area contributed by atoms with Crippen molar-refractivity contribution < 1.29 is 23.8 Å². The van der Waals surface area contributed by atoms with Gasteiger partial charge in [-0.2, -0.15) is 5.10 Å². The summed E-state index contributed by atoms with van der Waals surface area (Å²) >= 11 is 0. The Morgan fingerprint density at radius 2 is 2.04 bits per heavy atom. The van der Waals surface area contributed by atoms with Crippen LogP contribution in [0, 0.1) is 5.82 Å². The van der Waals surface area contributed by atoms with Gasteiger partial charge in [0, 0.05) is 12.7 Å². The molecular weight excluding hydrogens is 317 g/mol. The number of morpholine rings is 1. The van der Waals surface area contributed by atoms with E-state index in [1.807, 2.05) is 0 Å². The summed E-state index contributed by atoms with van der Waals surface area (Å²) < 4.78 is 19.6. The van der Waals surface area contributed by atoms with Gasteiger partial charge in [-0.25, -0.2) is 13.9 Å². The van der Waals surface area contributed by atoms with Crippen LogP contribution in [0.1, 0.15) is 5.69 Å². The Kier molecular flexibility index (Phi) is 4.57. The van der Waals surface area contributed by atoms with Crippen LogP contribution in [-0.4, -0.2) is 57.5 Å². The minimum Gasteiger partial charge on any atom is -0.479 e. The van der Waals surface area contributed by atoms with Crippen molar-refractivity contribution in [3.63, 3.8) is 0 Å². The number of carbonyl (C=O) groups is 2. The molecule has 126 valence electrons. The van der Waals surface area contributed by atoms with Gasteiger partial charge in [-0.05, 0) is 30.3 Å². The molecule has 3 rings (SSSR count). The molecule has 2 aromatic rings. The summed E-state index contributed by atoms with van der Waals surface area (Å²) in [6, 6.07) is 7.56. The zero-order chi connectivity index (χ0) is 17.1. The molecule has 1 N–H and O–H groups in total. The second-order valence-corrected chi connectivity index (χ2v) is 5.44. The Hall–Kier alpha value is -2.74. The predicted molar refractivity (Wildman–Crippen MR) is 81.2 cm³/mol. The molecule has 0 spiro atoms. The lowest BCUT2D eigenvalue weighted by molar-refractivity contribution is -0.159. The minimum absolute atomic E-state index is 0.0346. The number of hydrogen-bond donors (Lipinski definition) is 1. The minimum atomic E-state index is -1.08. The topological polar surface area (TPSA) is 84.7 Å². The number of carboxylic acid groups (broad SMARTS) is 1. The third kappa shape index (κ3) is 3.60. The predicted octanol–water partition coefficient (Wildman–Crippen LogP) is 0.866. The summed E-state index contributed by atoms with van der Waals surface area (Å²) in [6.07, 6.45) is 0.773. The number of aromatic nitrogens is 2. The van der Waals surface area contributed by atoms with E-state index in [1.165, 1.54) is 17.0 Å². The summed E-state index contributed by atoms with van der Waals surface area (Å²) in [5.41, 5.74) is 1.25. The molecule has 2 heterocycles. The van der Waals surface area contributed by atoms with E-state index < -0.39 is 12.1 Å². The van der Waals surface area contributed by atoms with E-state index in [0.717, 1.165) is 0 Å². The molecule has 1 unspecified atom stereocenters. The van der Waals surface area contributed by atoms with Crippen molar-refractivity contribution in [1.29, 1.82) is 0 Å². The van der Waals surface area contributed by atoms with Gasteiger partial charge in [0.15, 0.2) is 6.10 Å². The average molecular weight is 333 g/mol. The van der Waals surface area contributed by atoms with Gasteiger partial charge in [-0.15, -0.1) is 0 Å². The molecule has 1 aromatic carbocycles. The molecule has 1 amide bonds. The normalized spacial score (nSPS) is 17.7. The molecule has 1 aliphatic rings. The largest absolute Gasteiger partial charge is 0.479 e. The standard InChI is InChI=1S/C16H16FN3O4/c17-11-1-3-13(4-2-11)20-6-5-12(18-20)9-15(21)19-7-8-24-14(10-19)16(22)23/h1-6,14H,7-10H2,(H,22,23). The third-order valence-electron chi connectivity index (χ3n) is 3.76. The smallest absolute Gasteiger partial charge is 0.334 e. The van der Waals surface area contributed by atoms with Crippen molar-refractivity contribution in [1.82, 2.24) is 14.7 Å². The summed E-state index contributed by atoms with van der Waals surface area (Å²) in [6.45, 7) is 0.598. The molecular formula is C16H16FN3O4. The summed E-state index contributed by atoms with van der Waals surface area (Å²) in [7, 11) is 0. The fourth-order valence-corrected chi connectivity index (χ4v) is 2.49. The zero-order valence-corrected chi connectivity index (χ0v) is 12.8. The summed E-state index contributed by atoms with van der Waals surface area (Å²) in [5, 5.41) is 13.3. The van der Waals surface area contributed by atoms with Crippen LogP contribution in [0.5, 0.6) is 0 Å². The van der Waals surface area contributed by atoms with E-state index in [0.29, 0.717) is 17.9 Å². The maximum absolute atomic E-state index is 12.9. The van der Waals surface area contributed by atoms with Gasteiger partial charge in [-0.3, -0.25) is 4.79 Å². The molecule has 8 heteroatoms. The van der Waals surface area contributed by atoms with E-state index >= 15 is 0 Å².